The van der Waals surface area contributed by atoms with E-state index in [1.54, 1.807) is 12.0 Å². The van der Waals surface area contributed by atoms with Crippen molar-refractivity contribution < 1.29 is 14.3 Å². The molecule has 0 aromatic heterocycles. The van der Waals surface area contributed by atoms with Gasteiger partial charge in [-0.3, -0.25) is 14.5 Å². The van der Waals surface area contributed by atoms with Crippen molar-refractivity contribution >= 4 is 35.3 Å². The average Bonchev–Trinajstić information content (AvgIpc) is 2.78. The number of para-hydroxylation sites is 1. The lowest BCUT2D eigenvalue weighted by Crippen LogP contribution is -2.48. The van der Waals surface area contributed by atoms with Crippen LogP contribution < -0.4 is 15.0 Å². The summed E-state index contributed by atoms with van der Waals surface area (Å²) in [7, 11) is 1.63. The standard InChI is InChI=1S/C25H28N2O3S/c1-17-7-3-4-8-20(17)26-24(28)16-27-21-9-5-6-10-22(21)31-23(25(27)29)15-18-11-13-19(30-2)14-12-18/h5-6,9-15,17,20H,3-4,7-8,16H2,1-2H3,(H,26,28)/b23-15-/t17-,20-/m0/s1. The van der Waals surface area contributed by atoms with Crippen LogP contribution in [-0.2, 0) is 9.59 Å². The van der Waals surface area contributed by atoms with E-state index in [1.165, 1.54) is 18.2 Å². The van der Waals surface area contributed by atoms with Gasteiger partial charge in [-0.05, 0) is 54.7 Å². The lowest BCUT2D eigenvalue weighted by molar-refractivity contribution is -0.123. The van der Waals surface area contributed by atoms with Crippen molar-refractivity contribution in [1.29, 1.82) is 0 Å². The Morgan fingerprint density at radius 1 is 1.16 bits per heavy atom. The second-order valence-corrected chi connectivity index (χ2v) is 9.26. The molecule has 5 nitrogen and oxygen atoms in total. The van der Waals surface area contributed by atoms with Gasteiger partial charge < -0.3 is 10.1 Å². The fourth-order valence-electron chi connectivity index (χ4n) is 4.20. The van der Waals surface area contributed by atoms with E-state index in [-0.39, 0.29) is 24.4 Å². The zero-order valence-electron chi connectivity index (χ0n) is 18.0. The normalized spacial score (nSPS) is 22.2. The molecule has 1 aliphatic carbocycles. The van der Waals surface area contributed by atoms with Gasteiger partial charge in [-0.2, -0.15) is 0 Å². The Bertz CT molecular complexity index is 987. The molecule has 0 spiro atoms. The molecular formula is C25H28N2O3S. The largest absolute Gasteiger partial charge is 0.497 e. The number of thioether (sulfide) groups is 1. The fraction of sp³-hybridized carbons (Fsp3) is 0.360. The number of carbonyl (C=O) groups is 2. The number of hydrogen-bond acceptors (Lipinski definition) is 4. The molecule has 1 N–H and O–H groups in total. The van der Waals surface area contributed by atoms with E-state index in [0.717, 1.165) is 41.2 Å². The number of amides is 2. The van der Waals surface area contributed by atoms with Gasteiger partial charge in [-0.25, -0.2) is 0 Å². The third-order valence-electron chi connectivity index (χ3n) is 6.01. The lowest BCUT2D eigenvalue weighted by atomic mass is 9.86. The van der Waals surface area contributed by atoms with Gasteiger partial charge in [0.1, 0.15) is 12.3 Å². The summed E-state index contributed by atoms with van der Waals surface area (Å²) in [6.45, 7) is 2.22. The molecule has 4 rings (SSSR count). The highest BCUT2D eigenvalue weighted by Gasteiger charge is 2.31. The van der Waals surface area contributed by atoms with Crippen LogP contribution in [0, 0.1) is 5.92 Å². The van der Waals surface area contributed by atoms with Crippen molar-refractivity contribution in [3.8, 4) is 5.75 Å². The summed E-state index contributed by atoms with van der Waals surface area (Å²) in [5.74, 6) is 0.998. The molecule has 6 heteroatoms. The average molecular weight is 437 g/mol. The van der Waals surface area contributed by atoms with Crippen molar-refractivity contribution in [1.82, 2.24) is 5.32 Å². The molecule has 1 fully saturated rings. The maximum Gasteiger partial charge on any atom is 0.265 e. The number of fused-ring (bicyclic) bond motifs is 1. The predicted molar refractivity (Wildman–Crippen MR) is 125 cm³/mol. The maximum atomic E-state index is 13.3. The summed E-state index contributed by atoms with van der Waals surface area (Å²) in [5.41, 5.74) is 1.70. The third-order valence-corrected chi connectivity index (χ3v) is 7.08. The predicted octanol–water partition coefficient (Wildman–Crippen LogP) is 4.87. The molecule has 0 radical (unpaired) electrons. The lowest BCUT2D eigenvalue weighted by Gasteiger charge is -2.32. The Hall–Kier alpha value is -2.73. The molecule has 2 atom stereocenters. The van der Waals surface area contributed by atoms with Gasteiger partial charge in [-0.1, -0.05) is 55.8 Å². The summed E-state index contributed by atoms with van der Waals surface area (Å²) < 4.78 is 5.21. The topological polar surface area (TPSA) is 58.6 Å². The number of rotatable bonds is 5. The van der Waals surface area contributed by atoms with E-state index in [9.17, 15) is 9.59 Å². The fourth-order valence-corrected chi connectivity index (χ4v) is 5.26. The first-order valence-corrected chi connectivity index (χ1v) is 11.6. The van der Waals surface area contributed by atoms with E-state index < -0.39 is 0 Å². The van der Waals surface area contributed by atoms with Gasteiger partial charge in [0, 0.05) is 10.9 Å². The van der Waals surface area contributed by atoms with Crippen molar-refractivity contribution in [3.05, 3.63) is 59.0 Å². The molecular weight excluding hydrogens is 408 g/mol. The summed E-state index contributed by atoms with van der Waals surface area (Å²) in [6, 6.07) is 15.5. The molecule has 2 aliphatic rings. The minimum absolute atomic E-state index is 0.0274. The van der Waals surface area contributed by atoms with Crippen molar-refractivity contribution in [2.24, 2.45) is 5.92 Å². The highest BCUT2D eigenvalue weighted by atomic mass is 32.2. The quantitative estimate of drug-likeness (QED) is 0.680. The Morgan fingerprint density at radius 2 is 1.90 bits per heavy atom. The first-order valence-electron chi connectivity index (χ1n) is 10.8. The summed E-state index contributed by atoms with van der Waals surface area (Å²) in [4.78, 5) is 29.4. The Balaban J connectivity index is 1.56. The molecule has 1 aliphatic heterocycles. The van der Waals surface area contributed by atoms with Crippen molar-refractivity contribution in [2.45, 2.75) is 43.5 Å². The van der Waals surface area contributed by atoms with Crippen LogP contribution in [0.1, 0.15) is 38.2 Å². The monoisotopic (exact) mass is 436 g/mol. The van der Waals surface area contributed by atoms with Gasteiger partial charge in [0.25, 0.3) is 5.91 Å². The van der Waals surface area contributed by atoms with E-state index in [0.29, 0.717) is 10.8 Å². The van der Waals surface area contributed by atoms with E-state index in [1.807, 2.05) is 54.6 Å². The summed E-state index contributed by atoms with van der Waals surface area (Å²) in [6.07, 6.45) is 6.39. The molecule has 1 saturated carbocycles. The van der Waals surface area contributed by atoms with Gasteiger partial charge >= 0.3 is 0 Å². The minimum Gasteiger partial charge on any atom is -0.497 e. The molecule has 0 unspecified atom stereocenters. The molecule has 2 amide bonds. The first-order chi connectivity index (χ1) is 15.0. The molecule has 2 aromatic carbocycles. The zero-order valence-corrected chi connectivity index (χ0v) is 18.8. The zero-order chi connectivity index (χ0) is 21.8. The van der Waals surface area contributed by atoms with Crippen LogP contribution in [0.25, 0.3) is 6.08 Å². The Morgan fingerprint density at radius 3 is 2.65 bits per heavy atom. The van der Waals surface area contributed by atoms with Crippen LogP contribution >= 0.6 is 11.8 Å². The maximum absolute atomic E-state index is 13.3. The number of hydrogen-bond donors (Lipinski definition) is 1. The number of nitrogens with one attached hydrogen (secondary N) is 1. The van der Waals surface area contributed by atoms with Gasteiger partial charge in [0.15, 0.2) is 0 Å². The Kier molecular flexibility index (Phi) is 6.66. The summed E-state index contributed by atoms with van der Waals surface area (Å²) in [5, 5.41) is 3.17. The molecule has 0 bridgehead atoms. The highest BCUT2D eigenvalue weighted by molar-refractivity contribution is 8.04. The van der Waals surface area contributed by atoms with Crippen LogP contribution in [0.4, 0.5) is 5.69 Å². The van der Waals surface area contributed by atoms with E-state index >= 15 is 0 Å². The highest BCUT2D eigenvalue weighted by Crippen LogP contribution is 2.42. The van der Waals surface area contributed by atoms with Crippen LogP contribution in [0.15, 0.2) is 58.3 Å². The van der Waals surface area contributed by atoms with Crippen LogP contribution in [0.3, 0.4) is 0 Å². The van der Waals surface area contributed by atoms with Gasteiger partial charge in [0.05, 0.1) is 17.7 Å². The number of carbonyl (C=O) groups excluding carboxylic acids is 2. The van der Waals surface area contributed by atoms with Crippen LogP contribution in [-0.4, -0.2) is 31.5 Å². The first kappa shape index (κ1) is 21.5. The number of anilines is 1. The van der Waals surface area contributed by atoms with Gasteiger partial charge in [0.2, 0.25) is 5.91 Å². The van der Waals surface area contributed by atoms with E-state index in [4.69, 9.17) is 4.74 Å². The van der Waals surface area contributed by atoms with Crippen molar-refractivity contribution in [2.75, 3.05) is 18.6 Å². The minimum atomic E-state index is -0.147. The molecule has 0 saturated heterocycles. The van der Waals surface area contributed by atoms with E-state index in [2.05, 4.69) is 12.2 Å². The number of ether oxygens (including phenoxy) is 1. The smallest absolute Gasteiger partial charge is 0.265 e. The number of benzene rings is 2. The second-order valence-electron chi connectivity index (χ2n) is 8.18. The Labute approximate surface area is 187 Å². The molecule has 2 aromatic rings. The molecule has 1 heterocycles. The summed E-state index contributed by atoms with van der Waals surface area (Å²) >= 11 is 1.44. The van der Waals surface area contributed by atoms with Crippen molar-refractivity contribution in [3.63, 3.8) is 0 Å². The SMILES string of the molecule is COc1ccc(/C=C2\Sc3ccccc3N(CC(=O)N[C@H]3CCCC[C@@H]3C)C2=O)cc1. The molecule has 162 valence electrons. The number of methoxy groups -OCH3 is 1. The second kappa shape index (κ2) is 9.60. The van der Waals surface area contributed by atoms with Gasteiger partial charge in [-0.15, -0.1) is 0 Å². The van der Waals surface area contributed by atoms with Crippen LogP contribution in [0.2, 0.25) is 0 Å². The third kappa shape index (κ3) is 4.96. The number of nitrogens with zero attached hydrogens (tertiary/aromatic N) is 1. The molecule has 31 heavy (non-hydrogen) atoms. The van der Waals surface area contributed by atoms with Crippen LogP contribution in [0.5, 0.6) is 5.75 Å².